The van der Waals surface area contributed by atoms with Gasteiger partial charge in [-0.3, -0.25) is 0 Å². The minimum atomic E-state index is 0.0701. The van der Waals surface area contributed by atoms with Crippen LogP contribution in [0.4, 0.5) is 0 Å². The summed E-state index contributed by atoms with van der Waals surface area (Å²) in [4.78, 5) is 0. The summed E-state index contributed by atoms with van der Waals surface area (Å²) < 4.78 is 11.0. The van der Waals surface area contributed by atoms with Crippen LogP contribution < -0.4 is 5.32 Å². The highest BCUT2D eigenvalue weighted by Crippen LogP contribution is 2.19. The molecule has 0 radical (unpaired) electrons. The summed E-state index contributed by atoms with van der Waals surface area (Å²) in [6.45, 7) is 5.42. The van der Waals surface area contributed by atoms with E-state index in [0.717, 1.165) is 43.1 Å². The van der Waals surface area contributed by atoms with Crippen molar-refractivity contribution < 1.29 is 9.47 Å². The average Bonchev–Trinajstić information content (AvgIpc) is 2.43. The molecule has 4 heteroatoms. The lowest BCUT2D eigenvalue weighted by Gasteiger charge is -2.19. The van der Waals surface area contributed by atoms with Crippen molar-refractivity contribution in [3.05, 3.63) is 34.9 Å². The Morgan fingerprint density at radius 2 is 1.95 bits per heavy atom. The molecule has 0 heterocycles. The van der Waals surface area contributed by atoms with Crippen LogP contribution in [-0.2, 0) is 9.47 Å². The predicted molar refractivity (Wildman–Crippen MR) is 79.8 cm³/mol. The summed E-state index contributed by atoms with van der Waals surface area (Å²) in [7, 11) is 1.71. The third-order valence-corrected chi connectivity index (χ3v) is 3.06. The Hall–Kier alpha value is -0.610. The van der Waals surface area contributed by atoms with E-state index in [9.17, 15) is 0 Å². The molecular formula is C15H24ClNO2. The van der Waals surface area contributed by atoms with Crippen molar-refractivity contribution in [2.24, 2.45) is 0 Å². The topological polar surface area (TPSA) is 30.5 Å². The van der Waals surface area contributed by atoms with Crippen LogP contribution in [0.15, 0.2) is 24.3 Å². The fraction of sp³-hybridized carbons (Fsp3) is 0.600. The Morgan fingerprint density at radius 3 is 2.58 bits per heavy atom. The van der Waals surface area contributed by atoms with E-state index in [1.807, 2.05) is 24.3 Å². The Bertz CT molecular complexity index is 329. The van der Waals surface area contributed by atoms with Crippen LogP contribution in [0.5, 0.6) is 0 Å². The minimum absolute atomic E-state index is 0.0701. The predicted octanol–water partition coefficient (Wildman–Crippen LogP) is 3.43. The van der Waals surface area contributed by atoms with Gasteiger partial charge in [-0.05, 0) is 37.1 Å². The fourth-order valence-corrected chi connectivity index (χ4v) is 1.92. The molecule has 0 spiro atoms. The van der Waals surface area contributed by atoms with Gasteiger partial charge in [-0.1, -0.05) is 30.7 Å². The van der Waals surface area contributed by atoms with Gasteiger partial charge in [-0.2, -0.15) is 0 Å². The van der Waals surface area contributed by atoms with Crippen LogP contribution in [0, 0.1) is 0 Å². The molecule has 1 atom stereocenters. The summed E-state index contributed by atoms with van der Waals surface area (Å²) in [5.74, 6) is 0. The molecule has 0 saturated heterocycles. The molecule has 108 valence electrons. The number of rotatable bonds is 10. The van der Waals surface area contributed by atoms with Gasteiger partial charge < -0.3 is 14.8 Å². The van der Waals surface area contributed by atoms with Gasteiger partial charge in [0.1, 0.15) is 0 Å². The number of halogens is 1. The third-order valence-electron chi connectivity index (χ3n) is 2.81. The summed E-state index contributed by atoms with van der Waals surface area (Å²) >= 11 is 5.92. The van der Waals surface area contributed by atoms with E-state index in [4.69, 9.17) is 21.1 Å². The van der Waals surface area contributed by atoms with E-state index < -0.39 is 0 Å². The standard InChI is InChI=1S/C15H24ClNO2/c1-3-9-17-12-15(19-11-4-10-18-2)13-5-7-14(16)8-6-13/h5-8,15,17H,3-4,9-12H2,1-2H3. The summed E-state index contributed by atoms with van der Waals surface area (Å²) in [5, 5.41) is 4.15. The monoisotopic (exact) mass is 285 g/mol. The van der Waals surface area contributed by atoms with E-state index in [-0.39, 0.29) is 6.10 Å². The molecule has 19 heavy (non-hydrogen) atoms. The first-order chi connectivity index (χ1) is 9.27. The molecule has 3 nitrogen and oxygen atoms in total. The molecule has 0 aliphatic heterocycles. The largest absolute Gasteiger partial charge is 0.385 e. The Kier molecular flexibility index (Phi) is 8.84. The molecule has 0 fully saturated rings. The Morgan fingerprint density at radius 1 is 1.21 bits per heavy atom. The van der Waals surface area contributed by atoms with Gasteiger partial charge in [-0.15, -0.1) is 0 Å². The molecule has 0 bridgehead atoms. The second-order valence-corrected chi connectivity index (χ2v) is 4.90. The van der Waals surface area contributed by atoms with Crippen LogP contribution >= 0.6 is 11.6 Å². The van der Waals surface area contributed by atoms with E-state index >= 15 is 0 Å². The molecular weight excluding hydrogens is 262 g/mol. The lowest BCUT2D eigenvalue weighted by molar-refractivity contribution is 0.0389. The van der Waals surface area contributed by atoms with Gasteiger partial charge in [0, 0.05) is 31.9 Å². The van der Waals surface area contributed by atoms with Crippen LogP contribution in [0.1, 0.15) is 31.4 Å². The maximum atomic E-state index is 5.93. The van der Waals surface area contributed by atoms with E-state index in [1.165, 1.54) is 0 Å². The van der Waals surface area contributed by atoms with Gasteiger partial charge >= 0.3 is 0 Å². The maximum absolute atomic E-state index is 5.93. The lowest BCUT2D eigenvalue weighted by atomic mass is 10.1. The number of benzene rings is 1. The van der Waals surface area contributed by atoms with Crippen molar-refractivity contribution in [2.75, 3.05) is 33.4 Å². The van der Waals surface area contributed by atoms with Crippen LogP contribution in [0.2, 0.25) is 5.02 Å². The molecule has 1 unspecified atom stereocenters. The van der Waals surface area contributed by atoms with Crippen LogP contribution in [0.3, 0.4) is 0 Å². The van der Waals surface area contributed by atoms with Crippen molar-refractivity contribution >= 4 is 11.6 Å². The number of hydrogen-bond donors (Lipinski definition) is 1. The second kappa shape index (κ2) is 10.2. The van der Waals surface area contributed by atoms with Crippen molar-refractivity contribution in [3.8, 4) is 0 Å². The van der Waals surface area contributed by atoms with Gasteiger partial charge in [0.25, 0.3) is 0 Å². The molecule has 0 aliphatic carbocycles. The highest BCUT2D eigenvalue weighted by molar-refractivity contribution is 6.30. The molecule has 0 saturated carbocycles. The lowest BCUT2D eigenvalue weighted by Crippen LogP contribution is -2.24. The van der Waals surface area contributed by atoms with Gasteiger partial charge in [0.05, 0.1) is 6.10 Å². The van der Waals surface area contributed by atoms with Crippen LogP contribution in [0.25, 0.3) is 0 Å². The van der Waals surface area contributed by atoms with E-state index in [2.05, 4.69) is 12.2 Å². The first-order valence-electron chi connectivity index (χ1n) is 6.84. The number of nitrogens with one attached hydrogen (secondary N) is 1. The van der Waals surface area contributed by atoms with Crippen molar-refractivity contribution in [1.82, 2.24) is 5.32 Å². The smallest absolute Gasteiger partial charge is 0.0949 e. The first kappa shape index (κ1) is 16.4. The Labute approximate surface area is 121 Å². The first-order valence-corrected chi connectivity index (χ1v) is 7.22. The maximum Gasteiger partial charge on any atom is 0.0949 e. The summed E-state index contributed by atoms with van der Waals surface area (Å²) in [5.41, 5.74) is 1.16. The number of methoxy groups -OCH3 is 1. The van der Waals surface area contributed by atoms with Gasteiger partial charge in [0.2, 0.25) is 0 Å². The molecule has 0 amide bonds. The van der Waals surface area contributed by atoms with Gasteiger partial charge in [-0.25, -0.2) is 0 Å². The molecule has 1 rings (SSSR count). The summed E-state index contributed by atoms with van der Waals surface area (Å²) in [6, 6.07) is 7.86. The zero-order chi connectivity index (χ0) is 13.9. The van der Waals surface area contributed by atoms with E-state index in [1.54, 1.807) is 7.11 Å². The molecule has 1 N–H and O–H groups in total. The third kappa shape index (κ3) is 6.92. The van der Waals surface area contributed by atoms with E-state index in [0.29, 0.717) is 6.61 Å². The number of ether oxygens (including phenoxy) is 2. The Balaban J connectivity index is 2.49. The number of hydrogen-bond acceptors (Lipinski definition) is 3. The van der Waals surface area contributed by atoms with Crippen LogP contribution in [-0.4, -0.2) is 33.4 Å². The molecule has 1 aromatic carbocycles. The quantitative estimate of drug-likeness (QED) is 0.668. The average molecular weight is 286 g/mol. The van der Waals surface area contributed by atoms with Gasteiger partial charge in [0.15, 0.2) is 0 Å². The van der Waals surface area contributed by atoms with Crippen molar-refractivity contribution in [3.63, 3.8) is 0 Å². The molecule has 1 aromatic rings. The summed E-state index contributed by atoms with van der Waals surface area (Å²) in [6.07, 6.45) is 2.10. The molecule has 0 aromatic heterocycles. The molecule has 0 aliphatic rings. The SMILES string of the molecule is CCCNCC(OCCCOC)c1ccc(Cl)cc1. The van der Waals surface area contributed by atoms with Crippen molar-refractivity contribution in [1.29, 1.82) is 0 Å². The fourth-order valence-electron chi connectivity index (χ4n) is 1.79. The highest BCUT2D eigenvalue weighted by atomic mass is 35.5. The minimum Gasteiger partial charge on any atom is -0.385 e. The zero-order valence-electron chi connectivity index (χ0n) is 11.8. The normalized spacial score (nSPS) is 12.6. The highest BCUT2D eigenvalue weighted by Gasteiger charge is 2.11. The second-order valence-electron chi connectivity index (χ2n) is 4.46. The van der Waals surface area contributed by atoms with Crippen molar-refractivity contribution in [2.45, 2.75) is 25.9 Å². The zero-order valence-corrected chi connectivity index (χ0v) is 12.6.